The van der Waals surface area contributed by atoms with Crippen LogP contribution in [0, 0.1) is 0 Å². The van der Waals surface area contributed by atoms with Gasteiger partial charge in [0.1, 0.15) is 11.6 Å². The first kappa shape index (κ1) is 17.3. The van der Waals surface area contributed by atoms with Crippen molar-refractivity contribution in [2.45, 2.75) is 19.5 Å². The van der Waals surface area contributed by atoms with Gasteiger partial charge in [0.25, 0.3) is 5.56 Å². The number of H-pyrrole nitrogens is 1. The van der Waals surface area contributed by atoms with Crippen LogP contribution >= 0.6 is 11.6 Å². The van der Waals surface area contributed by atoms with E-state index in [2.05, 4.69) is 15.5 Å². The normalized spacial score (nSPS) is 12.4. The van der Waals surface area contributed by atoms with Crippen LogP contribution in [0.25, 0.3) is 21.8 Å². The monoisotopic (exact) mass is 380 g/mol. The smallest absolute Gasteiger partial charge is 0.288 e. The lowest BCUT2D eigenvalue weighted by molar-refractivity contribution is -0.123. The van der Waals surface area contributed by atoms with Crippen molar-refractivity contribution < 1.29 is 4.79 Å². The summed E-state index contributed by atoms with van der Waals surface area (Å²) in [4.78, 5) is 25.3. The van der Waals surface area contributed by atoms with E-state index in [0.717, 1.165) is 21.9 Å². The van der Waals surface area contributed by atoms with Crippen LogP contribution in [0.4, 0.5) is 0 Å². The second kappa shape index (κ2) is 6.89. The first-order chi connectivity index (χ1) is 13.1. The van der Waals surface area contributed by atoms with Gasteiger partial charge in [0.15, 0.2) is 0 Å². The number of aromatic amines is 1. The molecule has 1 atom stereocenters. The highest BCUT2D eigenvalue weighted by Crippen LogP contribution is 2.29. The van der Waals surface area contributed by atoms with Gasteiger partial charge in [-0.1, -0.05) is 48.0 Å². The molecular weight excluding hydrogens is 364 g/mol. The minimum Gasteiger partial charge on any atom is -0.350 e. The number of nitrogens with zero attached hydrogens (tertiary/aromatic N) is 2. The lowest BCUT2D eigenvalue weighted by atomic mass is 10.2. The van der Waals surface area contributed by atoms with Crippen molar-refractivity contribution in [3.63, 3.8) is 0 Å². The number of hydrogen-bond donors (Lipinski definition) is 2. The van der Waals surface area contributed by atoms with Crippen molar-refractivity contribution >= 4 is 39.3 Å². The Morgan fingerprint density at radius 2 is 1.93 bits per heavy atom. The van der Waals surface area contributed by atoms with Crippen LogP contribution in [0.15, 0.2) is 59.5 Å². The molecule has 0 aliphatic carbocycles. The number of fused-ring (bicyclic) bond motifs is 3. The fourth-order valence-electron chi connectivity index (χ4n) is 3.35. The molecule has 0 saturated carbocycles. The lowest BCUT2D eigenvalue weighted by Gasteiger charge is -2.16. The third-order valence-electron chi connectivity index (χ3n) is 4.70. The van der Waals surface area contributed by atoms with Gasteiger partial charge in [-0.25, -0.2) is 5.10 Å². The largest absolute Gasteiger partial charge is 0.350 e. The third-order valence-corrected chi connectivity index (χ3v) is 5.07. The highest BCUT2D eigenvalue weighted by molar-refractivity contribution is 6.31. The number of aromatic nitrogens is 3. The summed E-state index contributed by atoms with van der Waals surface area (Å²) >= 11 is 6.15. The molecule has 0 unspecified atom stereocenters. The number of benzene rings is 2. The summed E-state index contributed by atoms with van der Waals surface area (Å²) in [6.07, 6.45) is 1.62. The Kier molecular flexibility index (Phi) is 4.41. The summed E-state index contributed by atoms with van der Waals surface area (Å²) in [5, 5.41) is 11.5. The average Bonchev–Trinajstić information content (AvgIpc) is 3.02. The van der Waals surface area contributed by atoms with Gasteiger partial charge in [-0.05, 0) is 24.6 Å². The van der Waals surface area contributed by atoms with Gasteiger partial charge in [-0.3, -0.25) is 9.59 Å². The molecule has 0 spiro atoms. The maximum Gasteiger partial charge on any atom is 0.288 e. The van der Waals surface area contributed by atoms with E-state index in [1.807, 2.05) is 42.5 Å². The molecule has 0 aliphatic rings. The molecular formula is C20H17ClN4O2. The van der Waals surface area contributed by atoms with E-state index >= 15 is 0 Å². The first-order valence-corrected chi connectivity index (χ1v) is 8.93. The molecule has 6 nitrogen and oxygen atoms in total. The summed E-state index contributed by atoms with van der Waals surface area (Å²) in [5.74, 6) is -0.200. The molecule has 2 aromatic carbocycles. The first-order valence-electron chi connectivity index (χ1n) is 8.55. The number of para-hydroxylation sites is 1. The maximum atomic E-state index is 12.8. The van der Waals surface area contributed by atoms with Crippen LogP contribution in [-0.2, 0) is 11.3 Å². The predicted octanol–water partition coefficient (Wildman–Crippen LogP) is 3.41. The van der Waals surface area contributed by atoms with Crippen LogP contribution < -0.4 is 10.9 Å². The number of carbonyl (C=O) groups excluding carboxylic acids is 1. The van der Waals surface area contributed by atoms with Gasteiger partial charge in [-0.15, -0.1) is 0 Å². The molecule has 2 N–H and O–H groups in total. The van der Waals surface area contributed by atoms with Crippen molar-refractivity contribution in [1.82, 2.24) is 20.1 Å². The van der Waals surface area contributed by atoms with E-state index in [1.165, 1.54) is 0 Å². The molecule has 27 heavy (non-hydrogen) atoms. The molecule has 0 aliphatic heterocycles. The number of amides is 1. The Labute approximate surface area is 159 Å². The van der Waals surface area contributed by atoms with Gasteiger partial charge >= 0.3 is 0 Å². The summed E-state index contributed by atoms with van der Waals surface area (Å²) < 4.78 is 1.76. The van der Waals surface area contributed by atoms with Crippen LogP contribution in [0.5, 0.6) is 0 Å². The molecule has 0 fully saturated rings. The molecule has 0 radical (unpaired) electrons. The summed E-state index contributed by atoms with van der Waals surface area (Å²) in [6.45, 7) is 2.09. The maximum absolute atomic E-state index is 12.8. The van der Waals surface area contributed by atoms with E-state index in [4.69, 9.17) is 11.6 Å². The highest BCUT2D eigenvalue weighted by Gasteiger charge is 2.22. The van der Waals surface area contributed by atoms with Crippen molar-refractivity contribution in [2.75, 3.05) is 0 Å². The van der Waals surface area contributed by atoms with E-state index in [1.54, 1.807) is 23.8 Å². The van der Waals surface area contributed by atoms with E-state index in [-0.39, 0.29) is 11.5 Å². The zero-order valence-electron chi connectivity index (χ0n) is 14.6. The van der Waals surface area contributed by atoms with E-state index in [9.17, 15) is 9.59 Å². The van der Waals surface area contributed by atoms with Crippen LogP contribution in [0.3, 0.4) is 0 Å². The van der Waals surface area contributed by atoms with Gasteiger partial charge in [0.05, 0.1) is 11.7 Å². The minimum absolute atomic E-state index is 0.200. The standard InChI is InChI=1S/C20H17ClN4O2/c1-12(19(26)22-10-13-6-2-4-8-16(13)21)25-17-9-5-3-7-14(17)15-11-23-24-20(27)18(15)25/h2-9,11-12H,10H2,1H3,(H,22,26)(H,24,27)/t12-/m0/s1. The summed E-state index contributed by atoms with van der Waals surface area (Å²) in [7, 11) is 0. The van der Waals surface area contributed by atoms with Crippen LogP contribution in [0.2, 0.25) is 5.02 Å². The van der Waals surface area contributed by atoms with Crippen molar-refractivity contribution in [1.29, 1.82) is 0 Å². The summed E-state index contributed by atoms with van der Waals surface area (Å²) in [5.41, 5.74) is 1.76. The predicted molar refractivity (Wildman–Crippen MR) is 106 cm³/mol. The van der Waals surface area contributed by atoms with E-state index < -0.39 is 6.04 Å². The molecule has 0 saturated heterocycles. The van der Waals surface area contributed by atoms with Gasteiger partial charge in [-0.2, -0.15) is 5.10 Å². The number of halogens is 1. The van der Waals surface area contributed by atoms with Crippen LogP contribution in [0.1, 0.15) is 18.5 Å². The molecule has 0 bridgehead atoms. The Balaban J connectivity index is 1.73. The van der Waals surface area contributed by atoms with Crippen LogP contribution in [-0.4, -0.2) is 20.7 Å². The molecule has 7 heteroatoms. The second-order valence-corrected chi connectivity index (χ2v) is 6.74. The fourth-order valence-corrected chi connectivity index (χ4v) is 3.55. The highest BCUT2D eigenvalue weighted by atomic mass is 35.5. The molecule has 2 aromatic heterocycles. The lowest BCUT2D eigenvalue weighted by Crippen LogP contribution is -2.31. The van der Waals surface area contributed by atoms with Gasteiger partial charge in [0, 0.05) is 22.3 Å². The Hall–Kier alpha value is -3.12. The van der Waals surface area contributed by atoms with Crippen molar-refractivity contribution in [2.24, 2.45) is 0 Å². The third kappa shape index (κ3) is 2.98. The van der Waals surface area contributed by atoms with Gasteiger partial charge in [0.2, 0.25) is 5.91 Å². The van der Waals surface area contributed by atoms with Crippen molar-refractivity contribution in [3.05, 3.63) is 75.7 Å². The Bertz CT molecular complexity index is 1210. The summed E-state index contributed by atoms with van der Waals surface area (Å²) in [6, 6.07) is 14.4. The zero-order valence-corrected chi connectivity index (χ0v) is 15.3. The van der Waals surface area contributed by atoms with Gasteiger partial charge < -0.3 is 9.88 Å². The minimum atomic E-state index is -0.585. The fraction of sp³-hybridized carbons (Fsp3) is 0.150. The molecule has 136 valence electrons. The number of hydrogen-bond acceptors (Lipinski definition) is 3. The Morgan fingerprint density at radius 3 is 2.74 bits per heavy atom. The van der Waals surface area contributed by atoms with Crippen molar-refractivity contribution in [3.8, 4) is 0 Å². The molecule has 2 heterocycles. The quantitative estimate of drug-likeness (QED) is 0.569. The molecule has 1 amide bonds. The number of carbonyl (C=O) groups is 1. The molecule has 4 rings (SSSR count). The topological polar surface area (TPSA) is 79.8 Å². The molecule has 4 aromatic rings. The second-order valence-electron chi connectivity index (χ2n) is 6.33. The average molecular weight is 381 g/mol. The van der Waals surface area contributed by atoms with E-state index in [0.29, 0.717) is 17.1 Å². The SMILES string of the molecule is C[C@@H](C(=O)NCc1ccccc1Cl)n1c2ccccc2c2cn[nH]c(=O)c21. The zero-order chi connectivity index (χ0) is 19.0. The number of nitrogens with one attached hydrogen (secondary N) is 2. The number of rotatable bonds is 4. The Morgan fingerprint density at radius 1 is 1.19 bits per heavy atom.